The summed E-state index contributed by atoms with van der Waals surface area (Å²) in [6, 6.07) is 6.68. The maximum absolute atomic E-state index is 5.36. The van der Waals surface area contributed by atoms with Crippen LogP contribution in [0.3, 0.4) is 0 Å². The number of fused-ring (bicyclic) bond motifs is 1. The quantitative estimate of drug-likeness (QED) is 0.895. The van der Waals surface area contributed by atoms with E-state index in [0.717, 1.165) is 34.5 Å². The number of pyridine rings is 1. The van der Waals surface area contributed by atoms with Crippen LogP contribution in [0.2, 0.25) is 0 Å². The van der Waals surface area contributed by atoms with E-state index in [4.69, 9.17) is 9.47 Å². The molecule has 0 amide bonds. The van der Waals surface area contributed by atoms with Gasteiger partial charge in [-0.15, -0.1) is 0 Å². The summed E-state index contributed by atoms with van der Waals surface area (Å²) in [4.78, 5) is 4.48. The molecule has 4 heteroatoms. The van der Waals surface area contributed by atoms with Gasteiger partial charge in [-0.05, 0) is 36.4 Å². The van der Waals surface area contributed by atoms with Crippen molar-refractivity contribution in [2.75, 3.05) is 14.2 Å². The molecule has 1 aliphatic carbocycles. The SMILES string of the molecule is COc1cc2ccnc(CNC3CC3)c2cc1OC. The van der Waals surface area contributed by atoms with Crippen LogP contribution < -0.4 is 14.8 Å². The first-order valence-corrected chi connectivity index (χ1v) is 6.55. The highest BCUT2D eigenvalue weighted by Gasteiger charge is 2.20. The van der Waals surface area contributed by atoms with Crippen molar-refractivity contribution in [3.05, 3.63) is 30.1 Å². The molecule has 0 radical (unpaired) electrons. The molecule has 0 aliphatic heterocycles. The predicted molar refractivity (Wildman–Crippen MR) is 74.7 cm³/mol. The van der Waals surface area contributed by atoms with Crippen molar-refractivity contribution in [3.8, 4) is 11.5 Å². The standard InChI is InChI=1S/C15H18N2O2/c1-18-14-7-10-5-6-16-13(9-17-11-3-4-11)12(10)8-15(14)19-2/h5-8,11,17H,3-4,9H2,1-2H3. The lowest BCUT2D eigenvalue weighted by molar-refractivity contribution is 0.356. The van der Waals surface area contributed by atoms with E-state index in [0.29, 0.717) is 6.04 Å². The monoisotopic (exact) mass is 258 g/mol. The van der Waals surface area contributed by atoms with Gasteiger partial charge in [0.05, 0.1) is 19.9 Å². The molecule has 0 unspecified atom stereocenters. The number of hydrogen-bond acceptors (Lipinski definition) is 4. The van der Waals surface area contributed by atoms with Crippen molar-refractivity contribution in [3.63, 3.8) is 0 Å². The lowest BCUT2D eigenvalue weighted by Crippen LogP contribution is -2.16. The van der Waals surface area contributed by atoms with Gasteiger partial charge in [0.2, 0.25) is 0 Å². The Bertz CT molecular complexity index is 594. The molecular weight excluding hydrogens is 240 g/mol. The normalized spacial score (nSPS) is 14.6. The summed E-state index contributed by atoms with van der Waals surface area (Å²) in [6.07, 6.45) is 4.40. The molecule has 0 spiro atoms. The second-order valence-electron chi connectivity index (χ2n) is 4.84. The fraction of sp³-hybridized carbons (Fsp3) is 0.400. The summed E-state index contributed by atoms with van der Waals surface area (Å²) in [6.45, 7) is 0.803. The van der Waals surface area contributed by atoms with Crippen LogP contribution in [-0.2, 0) is 6.54 Å². The third-order valence-electron chi connectivity index (χ3n) is 3.49. The minimum atomic E-state index is 0.678. The molecular formula is C15H18N2O2. The van der Waals surface area contributed by atoms with E-state index in [2.05, 4.69) is 10.3 Å². The Morgan fingerprint density at radius 3 is 2.63 bits per heavy atom. The molecule has 0 bridgehead atoms. The topological polar surface area (TPSA) is 43.4 Å². The minimum absolute atomic E-state index is 0.678. The molecule has 4 nitrogen and oxygen atoms in total. The Labute approximate surface area is 112 Å². The van der Waals surface area contributed by atoms with Gasteiger partial charge in [0.1, 0.15) is 0 Å². The van der Waals surface area contributed by atoms with Gasteiger partial charge in [-0.2, -0.15) is 0 Å². The smallest absolute Gasteiger partial charge is 0.161 e. The van der Waals surface area contributed by atoms with Crippen LogP contribution in [0.15, 0.2) is 24.4 Å². The highest BCUT2D eigenvalue weighted by Crippen LogP contribution is 2.33. The molecule has 100 valence electrons. The van der Waals surface area contributed by atoms with E-state index in [1.807, 2.05) is 24.4 Å². The van der Waals surface area contributed by atoms with E-state index in [-0.39, 0.29) is 0 Å². The average Bonchev–Trinajstić information content (AvgIpc) is 3.27. The Hall–Kier alpha value is -1.81. The van der Waals surface area contributed by atoms with Crippen LogP contribution in [0.25, 0.3) is 10.8 Å². The van der Waals surface area contributed by atoms with Crippen LogP contribution >= 0.6 is 0 Å². The molecule has 1 aromatic heterocycles. The molecule has 1 aromatic carbocycles. The van der Waals surface area contributed by atoms with E-state index < -0.39 is 0 Å². The number of nitrogens with zero attached hydrogens (tertiary/aromatic N) is 1. The van der Waals surface area contributed by atoms with Gasteiger partial charge in [0.25, 0.3) is 0 Å². The van der Waals surface area contributed by atoms with Crippen molar-refractivity contribution in [1.82, 2.24) is 10.3 Å². The fourth-order valence-corrected chi connectivity index (χ4v) is 2.23. The zero-order valence-electron chi connectivity index (χ0n) is 11.3. The van der Waals surface area contributed by atoms with Crippen molar-refractivity contribution in [2.24, 2.45) is 0 Å². The predicted octanol–water partition coefficient (Wildman–Crippen LogP) is 2.50. The highest BCUT2D eigenvalue weighted by molar-refractivity contribution is 5.87. The summed E-state index contributed by atoms with van der Waals surface area (Å²) >= 11 is 0. The summed E-state index contributed by atoms with van der Waals surface area (Å²) in [5, 5.41) is 5.74. The van der Waals surface area contributed by atoms with Crippen LogP contribution in [0.1, 0.15) is 18.5 Å². The summed E-state index contributed by atoms with van der Waals surface area (Å²) < 4.78 is 10.7. The third-order valence-corrected chi connectivity index (χ3v) is 3.49. The molecule has 3 rings (SSSR count). The maximum atomic E-state index is 5.36. The Kier molecular flexibility index (Phi) is 3.25. The van der Waals surface area contributed by atoms with Crippen LogP contribution in [0, 0.1) is 0 Å². The maximum Gasteiger partial charge on any atom is 0.161 e. The van der Waals surface area contributed by atoms with Crippen LogP contribution in [0.4, 0.5) is 0 Å². The second kappa shape index (κ2) is 5.05. The first kappa shape index (κ1) is 12.2. The van der Waals surface area contributed by atoms with Crippen molar-refractivity contribution < 1.29 is 9.47 Å². The van der Waals surface area contributed by atoms with E-state index in [9.17, 15) is 0 Å². The molecule has 1 fully saturated rings. The van der Waals surface area contributed by atoms with Crippen molar-refractivity contribution in [1.29, 1.82) is 0 Å². The average molecular weight is 258 g/mol. The molecule has 1 saturated carbocycles. The Morgan fingerprint density at radius 1 is 1.21 bits per heavy atom. The minimum Gasteiger partial charge on any atom is -0.493 e. The first-order chi connectivity index (χ1) is 9.31. The van der Waals surface area contributed by atoms with Gasteiger partial charge < -0.3 is 14.8 Å². The van der Waals surface area contributed by atoms with Gasteiger partial charge in [-0.1, -0.05) is 0 Å². The molecule has 1 aliphatic rings. The van der Waals surface area contributed by atoms with Gasteiger partial charge >= 0.3 is 0 Å². The molecule has 1 heterocycles. The highest BCUT2D eigenvalue weighted by atomic mass is 16.5. The van der Waals surface area contributed by atoms with Crippen molar-refractivity contribution >= 4 is 10.8 Å². The third kappa shape index (κ3) is 2.49. The van der Waals surface area contributed by atoms with Gasteiger partial charge in [0, 0.05) is 24.2 Å². The molecule has 0 saturated heterocycles. The summed E-state index contributed by atoms with van der Waals surface area (Å²) in [7, 11) is 3.31. The lowest BCUT2D eigenvalue weighted by atomic mass is 10.1. The number of nitrogens with one attached hydrogen (secondary N) is 1. The number of methoxy groups -OCH3 is 2. The number of rotatable bonds is 5. The van der Waals surface area contributed by atoms with Gasteiger partial charge in [-0.25, -0.2) is 0 Å². The molecule has 19 heavy (non-hydrogen) atoms. The zero-order chi connectivity index (χ0) is 13.2. The Morgan fingerprint density at radius 2 is 1.95 bits per heavy atom. The number of benzene rings is 1. The van der Waals surface area contributed by atoms with E-state index in [1.54, 1.807) is 14.2 Å². The van der Waals surface area contributed by atoms with Crippen LogP contribution in [0.5, 0.6) is 11.5 Å². The van der Waals surface area contributed by atoms with Gasteiger partial charge in [-0.3, -0.25) is 4.98 Å². The van der Waals surface area contributed by atoms with Crippen LogP contribution in [-0.4, -0.2) is 25.2 Å². The molecule has 1 N–H and O–H groups in total. The zero-order valence-corrected chi connectivity index (χ0v) is 11.3. The van der Waals surface area contributed by atoms with E-state index >= 15 is 0 Å². The summed E-state index contributed by atoms with van der Waals surface area (Å²) in [5.74, 6) is 1.50. The number of ether oxygens (including phenoxy) is 2. The number of hydrogen-bond donors (Lipinski definition) is 1. The second-order valence-corrected chi connectivity index (χ2v) is 4.84. The Balaban J connectivity index is 2.01. The van der Waals surface area contributed by atoms with E-state index in [1.165, 1.54) is 12.8 Å². The largest absolute Gasteiger partial charge is 0.493 e. The summed E-state index contributed by atoms with van der Waals surface area (Å²) in [5.41, 5.74) is 1.06. The number of aromatic nitrogens is 1. The lowest BCUT2D eigenvalue weighted by Gasteiger charge is -2.11. The first-order valence-electron chi connectivity index (χ1n) is 6.55. The van der Waals surface area contributed by atoms with Gasteiger partial charge in [0.15, 0.2) is 11.5 Å². The molecule has 2 aromatic rings. The molecule has 0 atom stereocenters. The fourth-order valence-electron chi connectivity index (χ4n) is 2.23. The van der Waals surface area contributed by atoms with Crippen molar-refractivity contribution in [2.45, 2.75) is 25.4 Å².